The van der Waals surface area contributed by atoms with Gasteiger partial charge >= 0.3 is 0 Å². The predicted molar refractivity (Wildman–Crippen MR) is 314 cm³/mol. The van der Waals surface area contributed by atoms with E-state index in [0.29, 0.717) is 0 Å². The number of fused-ring (bicyclic) bond motifs is 8. The summed E-state index contributed by atoms with van der Waals surface area (Å²) in [6.45, 7) is 0. The number of anilines is 2. The van der Waals surface area contributed by atoms with Crippen LogP contribution in [-0.2, 0) is 11.8 Å². The molecule has 0 fully saturated rings. The van der Waals surface area contributed by atoms with Crippen LogP contribution < -0.4 is 5.32 Å². The lowest BCUT2D eigenvalue weighted by atomic mass is 9.57. The summed E-state index contributed by atoms with van der Waals surface area (Å²) in [7, 11) is 0. The van der Waals surface area contributed by atoms with E-state index in [1.165, 1.54) is 122 Å². The summed E-state index contributed by atoms with van der Waals surface area (Å²) in [6.07, 6.45) is 0.804. The van der Waals surface area contributed by atoms with Gasteiger partial charge in [-0.1, -0.05) is 255 Å². The quantitative estimate of drug-likeness (QED) is 0.160. The lowest BCUT2D eigenvalue weighted by molar-refractivity contribution is 0.701. The number of hydrogen-bond acceptors (Lipinski definition) is 1. The van der Waals surface area contributed by atoms with Crippen molar-refractivity contribution in [2.45, 2.75) is 11.8 Å². The van der Waals surface area contributed by atoms with Gasteiger partial charge in [0.05, 0.1) is 5.41 Å². The third-order valence-electron chi connectivity index (χ3n) is 15.8. The molecule has 0 atom stereocenters. The highest BCUT2D eigenvalue weighted by Crippen LogP contribution is 2.60. The van der Waals surface area contributed by atoms with Crippen LogP contribution in [0.3, 0.4) is 0 Å². The maximum atomic E-state index is 4.08. The van der Waals surface area contributed by atoms with Gasteiger partial charge in [0.15, 0.2) is 0 Å². The molecule has 1 heteroatoms. The average molecular weight is 954 g/mol. The third kappa shape index (κ3) is 7.55. The minimum absolute atomic E-state index is 0.788. The molecule has 75 heavy (non-hydrogen) atoms. The molecule has 1 heterocycles. The van der Waals surface area contributed by atoms with Gasteiger partial charge in [-0.05, 0) is 165 Å². The second-order valence-corrected chi connectivity index (χ2v) is 20.0. The van der Waals surface area contributed by atoms with Crippen molar-refractivity contribution >= 4 is 11.4 Å². The summed E-state index contributed by atoms with van der Waals surface area (Å²) in [5.74, 6) is 0. The standard InChI is InChI=1S/C74H51N/c1-5-21-50(22-6-1)60-29-13-17-33-64(60)54-37-39-58-45-59-40-38-55(65-34-18-14-30-61(65)51-23-7-2-8-24-51)47-69(59)74(68(58)46-54)70-48-56(66-35-19-15-31-62(66)52-25-9-3-10-26-52)41-43-72(70)75-73-44-42-57(49-71(73)74)67-36-20-16-32-63(67)53-27-11-4-12-28-53/h1-44,46-49,75H,45H2. The number of nitrogens with one attached hydrogen (secondary N) is 1. The molecule has 0 aromatic heterocycles. The van der Waals surface area contributed by atoms with Crippen molar-refractivity contribution in [1.82, 2.24) is 0 Å². The van der Waals surface area contributed by atoms with Crippen molar-refractivity contribution in [3.05, 3.63) is 325 Å². The molecule has 0 amide bonds. The molecule has 1 spiro atoms. The normalized spacial score (nSPS) is 12.7. The minimum atomic E-state index is -0.788. The van der Waals surface area contributed by atoms with E-state index in [4.69, 9.17) is 0 Å². The van der Waals surface area contributed by atoms with E-state index < -0.39 is 5.41 Å². The average Bonchev–Trinajstić information content (AvgIpc) is 3.55. The first-order valence-corrected chi connectivity index (χ1v) is 26.1. The number of hydrogen-bond donors (Lipinski definition) is 1. The first kappa shape index (κ1) is 44.2. The van der Waals surface area contributed by atoms with Crippen molar-refractivity contribution in [3.8, 4) is 89.0 Å². The Morgan fingerprint density at radius 2 is 0.453 bits per heavy atom. The Bertz CT molecular complexity index is 3560. The molecular weight excluding hydrogens is 903 g/mol. The Morgan fingerprint density at radius 3 is 0.747 bits per heavy atom. The third-order valence-corrected chi connectivity index (χ3v) is 15.8. The zero-order valence-electron chi connectivity index (χ0n) is 41.4. The van der Waals surface area contributed by atoms with Crippen LogP contribution in [0.2, 0.25) is 0 Å². The van der Waals surface area contributed by atoms with Gasteiger partial charge in [-0.3, -0.25) is 0 Å². The Balaban J connectivity index is 1.10. The summed E-state index contributed by atoms with van der Waals surface area (Å²) < 4.78 is 0. The van der Waals surface area contributed by atoms with Crippen molar-refractivity contribution < 1.29 is 0 Å². The second kappa shape index (κ2) is 18.5. The van der Waals surface area contributed by atoms with Gasteiger partial charge in [0.2, 0.25) is 0 Å². The Morgan fingerprint density at radius 1 is 0.213 bits per heavy atom. The van der Waals surface area contributed by atoms with Gasteiger partial charge in [0, 0.05) is 11.4 Å². The van der Waals surface area contributed by atoms with Crippen LogP contribution in [0.15, 0.2) is 291 Å². The van der Waals surface area contributed by atoms with E-state index in [2.05, 4.69) is 297 Å². The zero-order chi connectivity index (χ0) is 49.7. The lowest BCUT2D eigenvalue weighted by Crippen LogP contribution is -2.39. The molecule has 1 aliphatic heterocycles. The highest BCUT2D eigenvalue weighted by atomic mass is 14.9. The van der Waals surface area contributed by atoms with Crippen molar-refractivity contribution in [2.75, 3.05) is 5.32 Å². The van der Waals surface area contributed by atoms with E-state index in [-0.39, 0.29) is 0 Å². The van der Waals surface area contributed by atoms with Crippen LogP contribution in [-0.4, -0.2) is 0 Å². The van der Waals surface area contributed by atoms with Crippen LogP contribution in [0, 0.1) is 0 Å². The zero-order valence-corrected chi connectivity index (χ0v) is 41.4. The number of benzene rings is 12. The van der Waals surface area contributed by atoms with Gasteiger partial charge in [0.25, 0.3) is 0 Å². The van der Waals surface area contributed by atoms with Crippen LogP contribution in [0.4, 0.5) is 11.4 Å². The van der Waals surface area contributed by atoms with E-state index in [0.717, 1.165) is 17.8 Å². The molecular formula is C74H51N. The molecule has 12 aromatic carbocycles. The molecule has 14 rings (SSSR count). The first-order valence-electron chi connectivity index (χ1n) is 26.1. The largest absolute Gasteiger partial charge is 0.355 e. The second-order valence-electron chi connectivity index (χ2n) is 20.0. The fraction of sp³-hybridized carbons (Fsp3) is 0.0270. The Labute approximate surface area is 439 Å². The summed E-state index contributed by atoms with van der Waals surface area (Å²) in [4.78, 5) is 0. The van der Waals surface area contributed by atoms with Crippen molar-refractivity contribution in [2.24, 2.45) is 0 Å². The monoisotopic (exact) mass is 953 g/mol. The number of rotatable bonds is 8. The fourth-order valence-corrected chi connectivity index (χ4v) is 12.4. The minimum Gasteiger partial charge on any atom is -0.355 e. The van der Waals surface area contributed by atoms with E-state index in [9.17, 15) is 0 Å². The topological polar surface area (TPSA) is 12.0 Å². The van der Waals surface area contributed by atoms with Crippen LogP contribution in [0.25, 0.3) is 89.0 Å². The molecule has 352 valence electrons. The highest BCUT2D eigenvalue weighted by Gasteiger charge is 2.49. The Hall–Kier alpha value is -9.56. The smallest absolute Gasteiger partial charge is 0.0748 e. The summed E-state index contributed by atoms with van der Waals surface area (Å²) in [6, 6.07) is 108. The molecule has 0 unspecified atom stereocenters. The van der Waals surface area contributed by atoms with E-state index >= 15 is 0 Å². The summed E-state index contributed by atoms with van der Waals surface area (Å²) in [5.41, 5.74) is 28.3. The molecule has 1 N–H and O–H groups in total. The molecule has 2 aliphatic rings. The molecule has 0 radical (unpaired) electrons. The molecule has 12 aromatic rings. The van der Waals surface area contributed by atoms with Crippen LogP contribution >= 0.6 is 0 Å². The molecule has 0 bridgehead atoms. The first-order chi connectivity index (χ1) is 37.2. The van der Waals surface area contributed by atoms with Gasteiger partial charge in [0.1, 0.15) is 0 Å². The van der Waals surface area contributed by atoms with Gasteiger partial charge in [-0.2, -0.15) is 0 Å². The summed E-state index contributed by atoms with van der Waals surface area (Å²) in [5, 5.41) is 4.08. The SMILES string of the molecule is c1ccc(-c2ccccc2-c2ccc3c(c2)C2(c4cc(-c5ccccc5-c5ccccc5)ccc4C3)c3cc(-c4ccccc4-c4ccccc4)ccc3Nc3ccc(-c4ccccc4-c4ccccc4)cc32)cc1. The van der Waals surface area contributed by atoms with E-state index in [1.54, 1.807) is 0 Å². The van der Waals surface area contributed by atoms with Crippen LogP contribution in [0.1, 0.15) is 33.4 Å². The van der Waals surface area contributed by atoms with Crippen molar-refractivity contribution in [1.29, 1.82) is 0 Å². The predicted octanol–water partition coefficient (Wildman–Crippen LogP) is 19.4. The molecule has 1 nitrogen and oxygen atoms in total. The molecule has 0 saturated carbocycles. The van der Waals surface area contributed by atoms with Gasteiger partial charge in [-0.25, -0.2) is 0 Å². The highest BCUT2D eigenvalue weighted by molar-refractivity contribution is 5.94. The van der Waals surface area contributed by atoms with E-state index in [1.807, 2.05) is 0 Å². The Kier molecular flexibility index (Phi) is 10.9. The fourth-order valence-electron chi connectivity index (χ4n) is 12.4. The van der Waals surface area contributed by atoms with Gasteiger partial charge in [-0.15, -0.1) is 0 Å². The maximum Gasteiger partial charge on any atom is 0.0748 e. The molecule has 1 aliphatic carbocycles. The lowest BCUT2D eigenvalue weighted by Gasteiger charge is -2.47. The molecule has 0 saturated heterocycles. The van der Waals surface area contributed by atoms with Crippen molar-refractivity contribution in [3.63, 3.8) is 0 Å². The maximum absolute atomic E-state index is 4.08. The summed E-state index contributed by atoms with van der Waals surface area (Å²) >= 11 is 0. The van der Waals surface area contributed by atoms with Crippen LogP contribution in [0.5, 0.6) is 0 Å². The van der Waals surface area contributed by atoms with Gasteiger partial charge < -0.3 is 5.32 Å².